The number of hydrogen-bond acceptors (Lipinski definition) is 4. The molecule has 0 aromatic heterocycles. The summed E-state index contributed by atoms with van der Waals surface area (Å²) >= 11 is 6.07. The maximum absolute atomic E-state index is 9.12. The summed E-state index contributed by atoms with van der Waals surface area (Å²) in [5.74, 6) is 1.32. The predicted octanol–water partition coefficient (Wildman–Crippen LogP) is 1.93. The molecule has 17 heavy (non-hydrogen) atoms. The molecule has 1 aliphatic rings. The van der Waals surface area contributed by atoms with Crippen LogP contribution in [0.3, 0.4) is 0 Å². The van der Waals surface area contributed by atoms with Crippen LogP contribution in [-0.4, -0.2) is 24.5 Å². The third-order valence-electron chi connectivity index (χ3n) is 2.56. The first-order valence-corrected chi connectivity index (χ1v) is 6.01. The molecule has 0 aliphatic carbocycles. The normalized spacial score (nSPS) is 15.0. The van der Waals surface area contributed by atoms with Gasteiger partial charge in [-0.1, -0.05) is 11.6 Å². The zero-order chi connectivity index (χ0) is 12.3. The van der Waals surface area contributed by atoms with Crippen molar-refractivity contribution in [2.75, 3.05) is 13.3 Å². The number of ether oxygens (including phenoxy) is 2. The van der Waals surface area contributed by atoms with Gasteiger partial charge in [-0.3, -0.25) is 0 Å². The van der Waals surface area contributed by atoms with Crippen LogP contribution in [-0.2, 0) is 6.54 Å². The van der Waals surface area contributed by atoms with E-state index in [0.717, 1.165) is 18.5 Å². The zero-order valence-corrected chi connectivity index (χ0v) is 10.5. The van der Waals surface area contributed by atoms with Crippen molar-refractivity contribution >= 4 is 11.6 Å². The van der Waals surface area contributed by atoms with Gasteiger partial charge in [0.2, 0.25) is 6.79 Å². The lowest BCUT2D eigenvalue weighted by Crippen LogP contribution is -2.18. The lowest BCUT2D eigenvalue weighted by molar-refractivity contribution is 0.174. The average Bonchev–Trinajstić information content (AvgIpc) is 2.72. The van der Waals surface area contributed by atoms with Crippen LogP contribution < -0.4 is 14.8 Å². The van der Waals surface area contributed by atoms with E-state index < -0.39 is 0 Å². The molecular formula is C12H16ClNO3. The van der Waals surface area contributed by atoms with Crippen molar-refractivity contribution in [1.29, 1.82) is 0 Å². The fourth-order valence-corrected chi connectivity index (χ4v) is 1.95. The van der Waals surface area contributed by atoms with Crippen molar-refractivity contribution in [2.24, 2.45) is 0 Å². The molecule has 1 atom stereocenters. The molecule has 1 heterocycles. The van der Waals surface area contributed by atoms with E-state index in [1.54, 1.807) is 6.92 Å². The molecule has 1 aromatic rings. The van der Waals surface area contributed by atoms with Crippen LogP contribution in [0.4, 0.5) is 0 Å². The Kier molecular flexibility index (Phi) is 4.10. The Morgan fingerprint density at radius 3 is 3.06 bits per heavy atom. The van der Waals surface area contributed by atoms with Crippen LogP contribution in [0, 0.1) is 0 Å². The van der Waals surface area contributed by atoms with Crippen LogP contribution in [0.1, 0.15) is 18.9 Å². The third-order valence-corrected chi connectivity index (χ3v) is 2.84. The Hall–Kier alpha value is -0.970. The molecule has 0 saturated carbocycles. The van der Waals surface area contributed by atoms with Crippen molar-refractivity contribution in [3.8, 4) is 11.5 Å². The van der Waals surface area contributed by atoms with E-state index in [9.17, 15) is 0 Å². The first kappa shape index (κ1) is 12.5. The molecule has 0 amide bonds. The minimum Gasteiger partial charge on any atom is -0.454 e. The molecule has 1 unspecified atom stereocenters. The van der Waals surface area contributed by atoms with Gasteiger partial charge in [0.15, 0.2) is 11.5 Å². The fraction of sp³-hybridized carbons (Fsp3) is 0.500. The molecule has 1 aliphatic heterocycles. The van der Waals surface area contributed by atoms with Gasteiger partial charge in [0.05, 0.1) is 11.1 Å². The molecule has 2 rings (SSSR count). The Labute approximate surface area is 105 Å². The maximum atomic E-state index is 9.12. The van der Waals surface area contributed by atoms with Crippen molar-refractivity contribution in [3.63, 3.8) is 0 Å². The highest BCUT2D eigenvalue weighted by Crippen LogP contribution is 2.39. The first-order valence-electron chi connectivity index (χ1n) is 5.63. The van der Waals surface area contributed by atoms with E-state index in [2.05, 4.69) is 5.32 Å². The van der Waals surface area contributed by atoms with Crippen LogP contribution in [0.25, 0.3) is 0 Å². The largest absolute Gasteiger partial charge is 0.454 e. The summed E-state index contributed by atoms with van der Waals surface area (Å²) < 4.78 is 10.5. The maximum Gasteiger partial charge on any atom is 0.231 e. The summed E-state index contributed by atoms with van der Waals surface area (Å²) in [5.41, 5.74) is 1.05. The number of halogens is 1. The molecule has 94 valence electrons. The summed E-state index contributed by atoms with van der Waals surface area (Å²) in [6.07, 6.45) is 0.459. The summed E-state index contributed by atoms with van der Waals surface area (Å²) in [4.78, 5) is 0. The molecule has 5 heteroatoms. The quantitative estimate of drug-likeness (QED) is 0.792. The Bertz CT molecular complexity index is 396. The molecular weight excluding hydrogens is 242 g/mol. The predicted molar refractivity (Wildman–Crippen MR) is 65.6 cm³/mol. The number of rotatable bonds is 5. The second-order valence-corrected chi connectivity index (χ2v) is 4.53. The minimum absolute atomic E-state index is 0.230. The van der Waals surface area contributed by atoms with Gasteiger partial charge in [-0.2, -0.15) is 0 Å². The van der Waals surface area contributed by atoms with Crippen molar-refractivity contribution < 1.29 is 14.6 Å². The van der Waals surface area contributed by atoms with Gasteiger partial charge in [-0.25, -0.2) is 0 Å². The second-order valence-electron chi connectivity index (χ2n) is 4.13. The highest BCUT2D eigenvalue weighted by Gasteiger charge is 2.17. The highest BCUT2D eigenvalue weighted by molar-refractivity contribution is 6.32. The van der Waals surface area contributed by atoms with Gasteiger partial charge >= 0.3 is 0 Å². The van der Waals surface area contributed by atoms with Gasteiger partial charge in [0.1, 0.15) is 0 Å². The smallest absolute Gasteiger partial charge is 0.231 e. The molecule has 0 saturated heterocycles. The van der Waals surface area contributed by atoms with Crippen LogP contribution in [0.15, 0.2) is 12.1 Å². The molecule has 4 nitrogen and oxygen atoms in total. The molecule has 2 N–H and O–H groups in total. The number of fused-ring (bicyclic) bond motifs is 1. The van der Waals surface area contributed by atoms with Gasteiger partial charge in [-0.05, 0) is 37.6 Å². The van der Waals surface area contributed by atoms with Gasteiger partial charge in [0.25, 0.3) is 0 Å². The summed E-state index contributed by atoms with van der Waals surface area (Å²) in [5, 5.41) is 12.9. The van der Waals surface area contributed by atoms with Crippen LogP contribution >= 0.6 is 11.6 Å². The van der Waals surface area contributed by atoms with E-state index in [0.29, 0.717) is 23.1 Å². The van der Waals surface area contributed by atoms with Gasteiger partial charge in [-0.15, -0.1) is 0 Å². The highest BCUT2D eigenvalue weighted by atomic mass is 35.5. The summed E-state index contributed by atoms with van der Waals surface area (Å²) in [7, 11) is 0. The number of aliphatic hydroxyl groups is 1. The number of aliphatic hydroxyl groups excluding tert-OH is 1. The van der Waals surface area contributed by atoms with E-state index in [1.165, 1.54) is 0 Å². The molecule has 1 aromatic carbocycles. The monoisotopic (exact) mass is 257 g/mol. The second kappa shape index (κ2) is 5.58. The zero-order valence-electron chi connectivity index (χ0n) is 9.70. The minimum atomic E-state index is -0.275. The number of nitrogens with one attached hydrogen (secondary N) is 1. The Morgan fingerprint density at radius 2 is 2.29 bits per heavy atom. The lowest BCUT2D eigenvalue weighted by atomic mass is 10.2. The van der Waals surface area contributed by atoms with E-state index >= 15 is 0 Å². The fourth-order valence-electron chi connectivity index (χ4n) is 1.67. The van der Waals surface area contributed by atoms with Crippen molar-refractivity contribution in [1.82, 2.24) is 5.32 Å². The van der Waals surface area contributed by atoms with E-state index in [-0.39, 0.29) is 12.9 Å². The third kappa shape index (κ3) is 3.25. The standard InChI is InChI=1S/C12H16ClNO3/c1-8(15)2-3-14-6-9-4-10(13)12-11(5-9)16-7-17-12/h4-5,8,14-15H,2-3,6-7H2,1H3. The Morgan fingerprint density at radius 1 is 1.47 bits per heavy atom. The number of benzene rings is 1. The number of hydrogen-bond donors (Lipinski definition) is 2. The summed E-state index contributed by atoms with van der Waals surface area (Å²) in [6.45, 7) is 3.47. The molecule has 0 bridgehead atoms. The Balaban J connectivity index is 1.91. The van der Waals surface area contributed by atoms with E-state index in [1.807, 2.05) is 12.1 Å². The summed E-state index contributed by atoms with van der Waals surface area (Å²) in [6, 6.07) is 3.79. The molecule has 0 spiro atoms. The van der Waals surface area contributed by atoms with Crippen LogP contribution in [0.5, 0.6) is 11.5 Å². The van der Waals surface area contributed by atoms with Crippen molar-refractivity contribution in [2.45, 2.75) is 26.0 Å². The first-order chi connectivity index (χ1) is 8.16. The van der Waals surface area contributed by atoms with Gasteiger partial charge < -0.3 is 19.9 Å². The molecule has 0 fully saturated rings. The topological polar surface area (TPSA) is 50.7 Å². The van der Waals surface area contributed by atoms with Crippen molar-refractivity contribution in [3.05, 3.63) is 22.7 Å². The van der Waals surface area contributed by atoms with Crippen LogP contribution in [0.2, 0.25) is 5.02 Å². The lowest BCUT2D eigenvalue weighted by Gasteiger charge is -2.08. The van der Waals surface area contributed by atoms with Gasteiger partial charge in [0, 0.05) is 6.54 Å². The molecule has 0 radical (unpaired) electrons. The average molecular weight is 258 g/mol. The SMILES string of the molecule is CC(O)CCNCc1cc(Cl)c2c(c1)OCO2. The van der Waals surface area contributed by atoms with E-state index in [4.69, 9.17) is 26.2 Å².